The smallest absolute Gasteiger partial charge is 0.305 e. The fraction of sp³-hybridized carbons (Fsp3) is 0.500. The second-order valence-corrected chi connectivity index (χ2v) is 3.91. The molecule has 1 aromatic carbocycles. The van der Waals surface area contributed by atoms with Gasteiger partial charge in [0.1, 0.15) is 0 Å². The van der Waals surface area contributed by atoms with E-state index in [0.29, 0.717) is 13.0 Å². The highest BCUT2D eigenvalue weighted by molar-refractivity contribution is 5.69. The van der Waals surface area contributed by atoms with E-state index in [2.05, 4.69) is 6.92 Å². The maximum Gasteiger partial charge on any atom is 0.305 e. The summed E-state index contributed by atoms with van der Waals surface area (Å²) in [5.74, 6) is -0.0654. The van der Waals surface area contributed by atoms with Gasteiger partial charge in [-0.1, -0.05) is 50.1 Å². The molecule has 0 aliphatic carbocycles. The predicted molar refractivity (Wildman–Crippen MR) is 65.2 cm³/mol. The van der Waals surface area contributed by atoms with Crippen LogP contribution in [0.1, 0.15) is 38.2 Å². The van der Waals surface area contributed by atoms with Crippen molar-refractivity contribution >= 4 is 5.97 Å². The molecule has 0 amide bonds. The standard InChI is InChI=1S/C14H20O2/c1-2-3-5-10-14(15)16-12-11-13-8-6-4-7-9-13/h4,6-9H,2-3,5,10-12H2,1H3. The van der Waals surface area contributed by atoms with Crippen LogP contribution in [0.2, 0.25) is 0 Å². The van der Waals surface area contributed by atoms with Gasteiger partial charge in [0.25, 0.3) is 0 Å². The minimum absolute atomic E-state index is 0.0654. The Bertz CT molecular complexity index is 293. The minimum Gasteiger partial charge on any atom is -0.465 e. The summed E-state index contributed by atoms with van der Waals surface area (Å²) in [5, 5.41) is 0. The zero-order valence-corrected chi connectivity index (χ0v) is 9.95. The van der Waals surface area contributed by atoms with Crippen molar-refractivity contribution in [3.05, 3.63) is 35.9 Å². The van der Waals surface area contributed by atoms with E-state index in [4.69, 9.17) is 4.74 Å². The fourth-order valence-electron chi connectivity index (χ4n) is 1.52. The molecule has 88 valence electrons. The Morgan fingerprint density at radius 3 is 2.62 bits per heavy atom. The first-order valence-electron chi connectivity index (χ1n) is 6.02. The molecule has 2 heteroatoms. The Morgan fingerprint density at radius 2 is 1.94 bits per heavy atom. The summed E-state index contributed by atoms with van der Waals surface area (Å²) in [6.45, 7) is 2.62. The Kier molecular flexibility index (Phi) is 6.31. The molecule has 0 radical (unpaired) electrons. The number of rotatable bonds is 7. The van der Waals surface area contributed by atoms with Crippen LogP contribution in [-0.2, 0) is 16.0 Å². The minimum atomic E-state index is -0.0654. The zero-order chi connectivity index (χ0) is 11.6. The van der Waals surface area contributed by atoms with Crippen LogP contribution in [-0.4, -0.2) is 12.6 Å². The summed E-state index contributed by atoms with van der Waals surface area (Å²) in [5.41, 5.74) is 1.21. The Balaban J connectivity index is 2.09. The van der Waals surface area contributed by atoms with Crippen LogP contribution in [0.3, 0.4) is 0 Å². The van der Waals surface area contributed by atoms with Crippen LogP contribution in [0.5, 0.6) is 0 Å². The molecule has 0 saturated heterocycles. The van der Waals surface area contributed by atoms with Gasteiger partial charge in [0, 0.05) is 12.8 Å². The van der Waals surface area contributed by atoms with Gasteiger partial charge in [-0.2, -0.15) is 0 Å². The molecular formula is C14H20O2. The van der Waals surface area contributed by atoms with E-state index in [1.54, 1.807) is 0 Å². The van der Waals surface area contributed by atoms with Gasteiger partial charge in [-0.25, -0.2) is 0 Å². The van der Waals surface area contributed by atoms with Crippen LogP contribution >= 0.6 is 0 Å². The quantitative estimate of drug-likeness (QED) is 0.520. The van der Waals surface area contributed by atoms with Gasteiger partial charge in [0.15, 0.2) is 0 Å². The van der Waals surface area contributed by atoms with Crippen molar-refractivity contribution in [3.8, 4) is 0 Å². The largest absolute Gasteiger partial charge is 0.465 e. The van der Waals surface area contributed by atoms with Crippen molar-refractivity contribution in [1.29, 1.82) is 0 Å². The number of hydrogen-bond donors (Lipinski definition) is 0. The summed E-state index contributed by atoms with van der Waals surface area (Å²) < 4.78 is 5.15. The van der Waals surface area contributed by atoms with Crippen LogP contribution in [0.25, 0.3) is 0 Å². The first-order valence-corrected chi connectivity index (χ1v) is 6.02. The van der Waals surface area contributed by atoms with Gasteiger partial charge in [-0.15, -0.1) is 0 Å². The van der Waals surface area contributed by atoms with E-state index in [1.165, 1.54) is 5.56 Å². The van der Waals surface area contributed by atoms with Gasteiger partial charge < -0.3 is 4.74 Å². The molecule has 1 aromatic rings. The Morgan fingerprint density at radius 1 is 1.19 bits per heavy atom. The van der Waals surface area contributed by atoms with E-state index in [-0.39, 0.29) is 5.97 Å². The lowest BCUT2D eigenvalue weighted by atomic mass is 10.2. The third kappa shape index (κ3) is 5.54. The molecule has 16 heavy (non-hydrogen) atoms. The van der Waals surface area contributed by atoms with Crippen LogP contribution < -0.4 is 0 Å². The van der Waals surface area contributed by atoms with E-state index in [9.17, 15) is 4.79 Å². The molecule has 0 spiro atoms. The average molecular weight is 220 g/mol. The van der Waals surface area contributed by atoms with Crippen molar-refractivity contribution in [1.82, 2.24) is 0 Å². The number of unbranched alkanes of at least 4 members (excludes halogenated alkanes) is 2. The summed E-state index contributed by atoms with van der Waals surface area (Å²) in [7, 11) is 0. The topological polar surface area (TPSA) is 26.3 Å². The molecule has 0 fully saturated rings. The lowest BCUT2D eigenvalue weighted by Crippen LogP contribution is -2.07. The number of carbonyl (C=O) groups is 1. The second kappa shape index (κ2) is 7.91. The van der Waals surface area contributed by atoms with Crippen molar-refractivity contribution in [2.75, 3.05) is 6.61 Å². The molecule has 0 unspecified atom stereocenters. The molecule has 0 atom stereocenters. The first-order chi connectivity index (χ1) is 7.83. The second-order valence-electron chi connectivity index (χ2n) is 3.91. The molecule has 1 rings (SSSR count). The zero-order valence-electron chi connectivity index (χ0n) is 9.95. The van der Waals surface area contributed by atoms with E-state index < -0.39 is 0 Å². The summed E-state index contributed by atoms with van der Waals surface area (Å²) in [6, 6.07) is 10.1. The highest BCUT2D eigenvalue weighted by Gasteiger charge is 2.01. The molecule has 0 aromatic heterocycles. The van der Waals surface area contributed by atoms with Crippen molar-refractivity contribution in [2.45, 2.75) is 39.0 Å². The first kappa shape index (κ1) is 12.8. The SMILES string of the molecule is CCCCCC(=O)OCCc1ccccc1. The Labute approximate surface area is 97.6 Å². The third-order valence-electron chi connectivity index (χ3n) is 2.48. The number of hydrogen-bond acceptors (Lipinski definition) is 2. The van der Waals surface area contributed by atoms with Crippen LogP contribution in [0.4, 0.5) is 0 Å². The predicted octanol–water partition coefficient (Wildman–Crippen LogP) is 3.35. The lowest BCUT2D eigenvalue weighted by Gasteiger charge is -2.04. The van der Waals surface area contributed by atoms with Crippen LogP contribution in [0, 0.1) is 0 Å². The van der Waals surface area contributed by atoms with Gasteiger partial charge in [0.2, 0.25) is 0 Å². The van der Waals surface area contributed by atoms with Gasteiger partial charge >= 0.3 is 5.97 Å². The number of esters is 1. The number of ether oxygens (including phenoxy) is 1. The van der Waals surface area contributed by atoms with Crippen LogP contribution in [0.15, 0.2) is 30.3 Å². The Hall–Kier alpha value is -1.31. The van der Waals surface area contributed by atoms with Gasteiger partial charge in [-0.3, -0.25) is 4.79 Å². The summed E-state index contributed by atoms with van der Waals surface area (Å²) >= 11 is 0. The molecule has 0 saturated carbocycles. The van der Waals surface area contributed by atoms with E-state index >= 15 is 0 Å². The maximum atomic E-state index is 11.3. The third-order valence-corrected chi connectivity index (χ3v) is 2.48. The number of benzene rings is 1. The molecule has 2 nitrogen and oxygen atoms in total. The van der Waals surface area contributed by atoms with Crippen molar-refractivity contribution in [3.63, 3.8) is 0 Å². The maximum absolute atomic E-state index is 11.3. The number of carbonyl (C=O) groups excluding carboxylic acids is 1. The summed E-state index contributed by atoms with van der Waals surface area (Å²) in [6.07, 6.45) is 4.55. The molecule has 0 bridgehead atoms. The highest BCUT2D eigenvalue weighted by Crippen LogP contribution is 2.03. The fourth-order valence-corrected chi connectivity index (χ4v) is 1.52. The molecule has 0 aliphatic heterocycles. The summed E-state index contributed by atoms with van der Waals surface area (Å²) in [4.78, 5) is 11.3. The molecule has 0 heterocycles. The molecule has 0 aliphatic rings. The lowest BCUT2D eigenvalue weighted by molar-refractivity contribution is -0.143. The monoisotopic (exact) mass is 220 g/mol. The van der Waals surface area contributed by atoms with Crippen molar-refractivity contribution in [2.24, 2.45) is 0 Å². The van der Waals surface area contributed by atoms with E-state index in [1.807, 2.05) is 30.3 Å². The van der Waals surface area contributed by atoms with Gasteiger partial charge in [-0.05, 0) is 12.0 Å². The highest BCUT2D eigenvalue weighted by atomic mass is 16.5. The van der Waals surface area contributed by atoms with E-state index in [0.717, 1.165) is 25.7 Å². The average Bonchev–Trinajstić information content (AvgIpc) is 2.31. The van der Waals surface area contributed by atoms with Crippen molar-refractivity contribution < 1.29 is 9.53 Å². The molecule has 0 N–H and O–H groups in total. The normalized spacial score (nSPS) is 10.1. The van der Waals surface area contributed by atoms with Gasteiger partial charge in [0.05, 0.1) is 6.61 Å². The molecular weight excluding hydrogens is 200 g/mol.